The number of hydrogen-bond acceptors (Lipinski definition) is 3. The van der Waals surface area contributed by atoms with E-state index >= 15 is 0 Å². The van der Waals surface area contributed by atoms with E-state index in [1.54, 1.807) is 14.0 Å². The minimum atomic E-state index is -1.05. The van der Waals surface area contributed by atoms with Crippen LogP contribution in [-0.2, 0) is 29.7 Å². The van der Waals surface area contributed by atoms with Gasteiger partial charge in [-0.2, -0.15) is 0 Å². The van der Waals surface area contributed by atoms with Crippen LogP contribution in [0.3, 0.4) is 0 Å². The number of halogens is 1. The third kappa shape index (κ3) is 3.02. The summed E-state index contributed by atoms with van der Waals surface area (Å²) in [6.07, 6.45) is 3.26. The highest BCUT2D eigenvalue weighted by Gasteiger charge is 2.49. The Morgan fingerprint density at radius 2 is 1.93 bits per heavy atom. The van der Waals surface area contributed by atoms with Crippen molar-refractivity contribution in [2.75, 3.05) is 7.11 Å². The summed E-state index contributed by atoms with van der Waals surface area (Å²) in [5.41, 5.74) is 3.19. The molecule has 2 aliphatic rings. The molecule has 1 aliphatic heterocycles. The Morgan fingerprint density at radius 1 is 1.15 bits per heavy atom. The second kappa shape index (κ2) is 6.68. The summed E-state index contributed by atoms with van der Waals surface area (Å²) < 4.78 is 6.24. The van der Waals surface area contributed by atoms with Gasteiger partial charge in [0.1, 0.15) is 11.3 Å². The number of urea groups is 1. The van der Waals surface area contributed by atoms with Crippen LogP contribution in [0.2, 0.25) is 0 Å². The number of rotatable bonds is 4. The molecule has 4 rings (SSSR count). The molecular weight excluding hydrogens is 408 g/mol. The summed E-state index contributed by atoms with van der Waals surface area (Å²) in [5.74, 6) is 0.400. The summed E-state index contributed by atoms with van der Waals surface area (Å²) in [4.78, 5) is 27.1. The fourth-order valence-corrected chi connectivity index (χ4v) is 4.37. The number of nitrogens with one attached hydrogen (secondary N) is 1. The molecule has 5 nitrogen and oxygen atoms in total. The van der Waals surface area contributed by atoms with E-state index in [1.807, 2.05) is 24.3 Å². The van der Waals surface area contributed by atoms with E-state index in [0.717, 1.165) is 34.9 Å². The van der Waals surface area contributed by atoms with Crippen LogP contribution in [0.15, 0.2) is 40.9 Å². The van der Waals surface area contributed by atoms with Crippen molar-refractivity contribution in [1.82, 2.24) is 10.2 Å². The van der Waals surface area contributed by atoms with Gasteiger partial charge in [0.25, 0.3) is 5.91 Å². The number of fused-ring (bicyclic) bond motifs is 1. The van der Waals surface area contributed by atoms with E-state index in [0.29, 0.717) is 5.75 Å². The van der Waals surface area contributed by atoms with Crippen molar-refractivity contribution in [3.63, 3.8) is 0 Å². The molecule has 1 N–H and O–H groups in total. The third-order valence-electron chi connectivity index (χ3n) is 5.52. The van der Waals surface area contributed by atoms with E-state index in [2.05, 4.69) is 33.4 Å². The smallest absolute Gasteiger partial charge is 0.325 e. The molecular formula is C21H21BrN2O3. The van der Waals surface area contributed by atoms with Gasteiger partial charge in [0, 0.05) is 10.0 Å². The van der Waals surface area contributed by atoms with E-state index in [4.69, 9.17) is 4.74 Å². The fourth-order valence-electron chi connectivity index (χ4n) is 3.96. The average Bonchev–Trinajstić information content (AvgIpc) is 3.20. The zero-order valence-corrected chi connectivity index (χ0v) is 16.9. The van der Waals surface area contributed by atoms with Crippen molar-refractivity contribution < 1.29 is 14.3 Å². The van der Waals surface area contributed by atoms with Gasteiger partial charge in [0.15, 0.2) is 0 Å². The first-order valence-corrected chi connectivity index (χ1v) is 9.80. The van der Waals surface area contributed by atoms with Crippen molar-refractivity contribution in [2.24, 2.45) is 0 Å². The summed E-state index contributed by atoms with van der Waals surface area (Å²) in [7, 11) is 1.58. The van der Waals surface area contributed by atoms with Gasteiger partial charge in [-0.25, -0.2) is 4.79 Å². The molecule has 0 radical (unpaired) electrons. The predicted molar refractivity (Wildman–Crippen MR) is 106 cm³/mol. The number of amides is 3. The van der Waals surface area contributed by atoms with Crippen molar-refractivity contribution in [3.8, 4) is 5.75 Å². The molecule has 2 aromatic rings. The van der Waals surface area contributed by atoms with E-state index < -0.39 is 5.54 Å². The van der Waals surface area contributed by atoms with Gasteiger partial charge >= 0.3 is 6.03 Å². The van der Waals surface area contributed by atoms with E-state index in [-0.39, 0.29) is 18.5 Å². The molecule has 3 amide bonds. The Labute approximate surface area is 166 Å². The Bertz CT molecular complexity index is 943. The Balaban J connectivity index is 1.65. The summed E-state index contributed by atoms with van der Waals surface area (Å²) >= 11 is 3.43. The first kappa shape index (κ1) is 18.0. The van der Waals surface area contributed by atoms with Crippen molar-refractivity contribution >= 4 is 27.9 Å². The predicted octanol–water partition coefficient (Wildman–Crippen LogP) is 3.91. The molecule has 0 aromatic heterocycles. The molecule has 1 unspecified atom stereocenters. The number of imide groups is 1. The average molecular weight is 429 g/mol. The van der Waals surface area contributed by atoms with Gasteiger partial charge in [-0.1, -0.05) is 34.1 Å². The standard InChI is InChI=1S/C21H21BrN2O3/c1-21(16-7-6-13-4-3-5-14(13)10-16)19(25)24(20(26)23-21)12-15-11-17(22)8-9-18(15)27-2/h6-11H,3-5,12H2,1-2H3,(H,23,26). The second-order valence-electron chi connectivity index (χ2n) is 7.24. The van der Waals surface area contributed by atoms with Crippen LogP contribution in [0, 0.1) is 0 Å². The molecule has 6 heteroatoms. The Kier molecular flexibility index (Phi) is 4.46. The minimum absolute atomic E-state index is 0.161. The van der Waals surface area contributed by atoms with Crippen LogP contribution in [0.4, 0.5) is 4.79 Å². The molecule has 1 atom stereocenters. The quantitative estimate of drug-likeness (QED) is 0.750. The number of methoxy groups -OCH3 is 1. The lowest BCUT2D eigenvalue weighted by Crippen LogP contribution is -2.41. The second-order valence-corrected chi connectivity index (χ2v) is 8.16. The third-order valence-corrected chi connectivity index (χ3v) is 6.01. The number of ether oxygens (including phenoxy) is 1. The van der Waals surface area contributed by atoms with Gasteiger partial charge in [-0.3, -0.25) is 9.69 Å². The van der Waals surface area contributed by atoms with Gasteiger partial charge in [-0.05, 0) is 61.1 Å². The maximum atomic E-state index is 13.2. The SMILES string of the molecule is COc1ccc(Br)cc1CN1C(=O)NC(C)(c2ccc3c(c2)CCC3)C1=O. The van der Waals surface area contributed by atoms with Gasteiger partial charge < -0.3 is 10.1 Å². The lowest BCUT2D eigenvalue weighted by molar-refractivity contribution is -0.131. The monoisotopic (exact) mass is 428 g/mol. The van der Waals surface area contributed by atoms with Crippen LogP contribution in [0.5, 0.6) is 5.75 Å². The molecule has 1 saturated heterocycles. The zero-order chi connectivity index (χ0) is 19.2. The molecule has 1 aliphatic carbocycles. The van der Waals surface area contributed by atoms with E-state index in [1.165, 1.54) is 16.0 Å². The lowest BCUT2D eigenvalue weighted by atomic mass is 9.89. The number of nitrogens with zero attached hydrogens (tertiary/aromatic N) is 1. The highest BCUT2D eigenvalue weighted by molar-refractivity contribution is 9.10. The molecule has 0 bridgehead atoms. The van der Waals surface area contributed by atoms with Crippen LogP contribution in [0.1, 0.15) is 35.6 Å². The number of carbonyl (C=O) groups is 2. The van der Waals surface area contributed by atoms with Gasteiger partial charge in [-0.15, -0.1) is 0 Å². The highest BCUT2D eigenvalue weighted by Crippen LogP contribution is 2.34. The number of benzene rings is 2. The van der Waals surface area contributed by atoms with Crippen LogP contribution >= 0.6 is 15.9 Å². The van der Waals surface area contributed by atoms with Crippen molar-refractivity contribution in [1.29, 1.82) is 0 Å². The number of carbonyl (C=O) groups excluding carboxylic acids is 2. The summed E-state index contributed by atoms with van der Waals surface area (Å²) in [6, 6.07) is 11.3. The molecule has 1 heterocycles. The van der Waals surface area contributed by atoms with Gasteiger partial charge in [0.2, 0.25) is 0 Å². The van der Waals surface area contributed by atoms with E-state index in [9.17, 15) is 9.59 Å². The first-order chi connectivity index (χ1) is 12.9. The number of hydrogen-bond donors (Lipinski definition) is 1. The molecule has 140 valence electrons. The molecule has 0 spiro atoms. The van der Waals surface area contributed by atoms with Gasteiger partial charge in [0.05, 0.1) is 13.7 Å². The molecule has 27 heavy (non-hydrogen) atoms. The Morgan fingerprint density at radius 3 is 2.70 bits per heavy atom. The Hall–Kier alpha value is -2.34. The van der Waals surface area contributed by atoms with Crippen LogP contribution < -0.4 is 10.1 Å². The zero-order valence-electron chi connectivity index (χ0n) is 15.3. The minimum Gasteiger partial charge on any atom is -0.496 e. The summed E-state index contributed by atoms with van der Waals surface area (Å²) in [5, 5.41) is 2.89. The van der Waals surface area contributed by atoms with Crippen molar-refractivity contribution in [3.05, 3.63) is 63.1 Å². The topological polar surface area (TPSA) is 58.6 Å². The summed E-state index contributed by atoms with van der Waals surface area (Å²) in [6.45, 7) is 1.94. The van der Waals surface area contributed by atoms with Crippen LogP contribution in [0.25, 0.3) is 0 Å². The van der Waals surface area contributed by atoms with Crippen molar-refractivity contribution in [2.45, 2.75) is 38.3 Å². The number of aryl methyl sites for hydroxylation is 2. The first-order valence-electron chi connectivity index (χ1n) is 9.01. The maximum Gasteiger partial charge on any atom is 0.325 e. The largest absolute Gasteiger partial charge is 0.496 e. The van der Waals surface area contributed by atoms with Crippen LogP contribution in [-0.4, -0.2) is 23.9 Å². The fraction of sp³-hybridized carbons (Fsp3) is 0.333. The molecule has 0 saturated carbocycles. The molecule has 2 aromatic carbocycles. The molecule has 1 fully saturated rings. The normalized spacial score (nSPS) is 21.4. The highest BCUT2D eigenvalue weighted by atomic mass is 79.9. The maximum absolute atomic E-state index is 13.2. The lowest BCUT2D eigenvalue weighted by Gasteiger charge is -2.23.